The van der Waals surface area contributed by atoms with E-state index in [1.165, 1.54) is 6.42 Å². The van der Waals surface area contributed by atoms with Crippen molar-refractivity contribution in [3.8, 4) is 6.07 Å². The number of hydrogen-bond acceptors (Lipinski definition) is 5. The number of anilines is 1. The summed E-state index contributed by atoms with van der Waals surface area (Å²) in [6.45, 7) is 1.41. The first kappa shape index (κ1) is 14.9. The summed E-state index contributed by atoms with van der Waals surface area (Å²) in [5.74, 6) is 0.835. The number of aromatic amines is 1. The second kappa shape index (κ2) is 5.48. The van der Waals surface area contributed by atoms with Crippen molar-refractivity contribution >= 4 is 22.8 Å². The molecule has 4 rings (SSSR count). The molecule has 2 aromatic heterocycles. The van der Waals surface area contributed by atoms with E-state index in [-0.39, 0.29) is 23.8 Å². The number of amides is 1. The van der Waals surface area contributed by atoms with Crippen molar-refractivity contribution in [2.45, 2.75) is 31.7 Å². The van der Waals surface area contributed by atoms with Crippen LogP contribution in [0.15, 0.2) is 18.6 Å². The summed E-state index contributed by atoms with van der Waals surface area (Å²) in [6.07, 6.45) is 6.86. The van der Waals surface area contributed by atoms with E-state index in [2.05, 4.69) is 26.9 Å². The number of nitrogens with zero attached hydrogens (tertiary/aromatic N) is 5. The predicted octanol–water partition coefficient (Wildman–Crippen LogP) is 1.69. The molecule has 2 aliphatic rings. The molecule has 1 saturated carbocycles. The Labute approximate surface area is 140 Å². The standard InChI is InChI=1S/C17H20N6O/c1-22(16-12-4-8-19-15(12)20-11-21-16)13-9-23(14(24)3-7-18)10-17(13)5-2-6-17/h4,8,11,13H,2-3,5-6,9-10H2,1H3,(H,19,20,21)/t13-/m1/s1. The SMILES string of the molecule is CN(c1ncnc2[nH]ccc12)[C@@H]1CN(C(=O)CC#N)CC12CCC2. The Bertz CT molecular complexity index is 818. The molecule has 7 heteroatoms. The third-order valence-electron chi connectivity index (χ3n) is 5.67. The van der Waals surface area contributed by atoms with Gasteiger partial charge >= 0.3 is 0 Å². The molecule has 1 amide bonds. The Morgan fingerprint density at radius 1 is 1.54 bits per heavy atom. The first-order valence-electron chi connectivity index (χ1n) is 8.30. The summed E-state index contributed by atoms with van der Waals surface area (Å²) >= 11 is 0. The fraction of sp³-hybridized carbons (Fsp3) is 0.529. The molecular formula is C17H20N6O. The van der Waals surface area contributed by atoms with Crippen LogP contribution >= 0.6 is 0 Å². The maximum atomic E-state index is 12.2. The molecule has 2 aromatic rings. The first-order valence-corrected chi connectivity index (χ1v) is 8.30. The van der Waals surface area contributed by atoms with Gasteiger partial charge in [-0.1, -0.05) is 6.42 Å². The number of rotatable bonds is 3. The number of hydrogen-bond donors (Lipinski definition) is 1. The van der Waals surface area contributed by atoms with E-state index in [0.717, 1.165) is 36.2 Å². The van der Waals surface area contributed by atoms with Crippen LogP contribution in [0.2, 0.25) is 0 Å². The largest absolute Gasteiger partial charge is 0.354 e. The molecule has 0 radical (unpaired) electrons. The summed E-state index contributed by atoms with van der Waals surface area (Å²) in [7, 11) is 2.05. The number of carbonyl (C=O) groups excluding carboxylic acids is 1. The van der Waals surface area contributed by atoms with Crippen LogP contribution in [0, 0.1) is 16.7 Å². The zero-order chi connectivity index (χ0) is 16.7. The van der Waals surface area contributed by atoms with Gasteiger partial charge < -0.3 is 14.8 Å². The fourth-order valence-corrected chi connectivity index (χ4v) is 4.26. The van der Waals surface area contributed by atoms with Crippen LogP contribution in [0.4, 0.5) is 5.82 Å². The Morgan fingerprint density at radius 3 is 3.08 bits per heavy atom. The molecule has 1 aliphatic carbocycles. The van der Waals surface area contributed by atoms with Crippen LogP contribution in [0.25, 0.3) is 11.0 Å². The second-order valence-electron chi connectivity index (χ2n) is 6.89. The lowest BCUT2D eigenvalue weighted by Gasteiger charge is -2.46. The molecule has 1 spiro atoms. The van der Waals surface area contributed by atoms with Gasteiger partial charge in [-0.25, -0.2) is 9.97 Å². The summed E-state index contributed by atoms with van der Waals surface area (Å²) in [4.78, 5) is 28.1. The van der Waals surface area contributed by atoms with Gasteiger partial charge in [0.15, 0.2) is 0 Å². The summed E-state index contributed by atoms with van der Waals surface area (Å²) < 4.78 is 0. The van der Waals surface area contributed by atoms with Gasteiger partial charge in [0.05, 0.1) is 17.5 Å². The smallest absolute Gasteiger partial charge is 0.236 e. The molecule has 1 aliphatic heterocycles. The van der Waals surface area contributed by atoms with Crippen molar-refractivity contribution in [2.24, 2.45) is 5.41 Å². The van der Waals surface area contributed by atoms with E-state index in [0.29, 0.717) is 6.54 Å². The van der Waals surface area contributed by atoms with Crippen molar-refractivity contribution in [2.75, 3.05) is 25.0 Å². The predicted molar refractivity (Wildman–Crippen MR) is 89.2 cm³/mol. The second-order valence-corrected chi connectivity index (χ2v) is 6.89. The molecular weight excluding hydrogens is 304 g/mol. The van der Waals surface area contributed by atoms with E-state index >= 15 is 0 Å². The van der Waals surface area contributed by atoms with Crippen molar-refractivity contribution in [1.82, 2.24) is 19.9 Å². The maximum absolute atomic E-state index is 12.2. The average molecular weight is 324 g/mol. The molecule has 1 N–H and O–H groups in total. The zero-order valence-electron chi connectivity index (χ0n) is 13.7. The topological polar surface area (TPSA) is 88.9 Å². The minimum absolute atomic E-state index is 0.0396. The van der Waals surface area contributed by atoms with Crippen LogP contribution in [0.1, 0.15) is 25.7 Å². The number of fused-ring (bicyclic) bond motifs is 1. The Balaban J connectivity index is 1.65. The zero-order valence-corrected chi connectivity index (χ0v) is 13.7. The van der Waals surface area contributed by atoms with Gasteiger partial charge in [0.1, 0.15) is 24.2 Å². The van der Waals surface area contributed by atoms with Crippen molar-refractivity contribution in [3.63, 3.8) is 0 Å². The third-order valence-corrected chi connectivity index (χ3v) is 5.67. The van der Waals surface area contributed by atoms with Crippen molar-refractivity contribution in [3.05, 3.63) is 18.6 Å². The van der Waals surface area contributed by atoms with Crippen LogP contribution in [0.3, 0.4) is 0 Å². The third kappa shape index (κ3) is 2.13. The normalized spacial score (nSPS) is 21.7. The lowest BCUT2D eigenvalue weighted by Crippen LogP contribution is -2.49. The van der Waals surface area contributed by atoms with Crippen LogP contribution in [0.5, 0.6) is 0 Å². The summed E-state index contributed by atoms with van der Waals surface area (Å²) in [6, 6.07) is 4.19. The number of aromatic nitrogens is 3. The number of nitrogens with one attached hydrogen (secondary N) is 1. The highest BCUT2D eigenvalue weighted by atomic mass is 16.2. The minimum Gasteiger partial charge on any atom is -0.354 e. The molecule has 7 nitrogen and oxygen atoms in total. The number of H-pyrrole nitrogens is 1. The van der Waals surface area contributed by atoms with E-state index in [4.69, 9.17) is 5.26 Å². The highest BCUT2D eigenvalue weighted by Crippen LogP contribution is 2.50. The number of likely N-dealkylation sites (N-methyl/N-ethyl adjacent to an activating group) is 1. The first-order chi connectivity index (χ1) is 11.6. The number of carbonyl (C=O) groups is 1. The number of likely N-dealkylation sites (tertiary alicyclic amines) is 1. The van der Waals surface area contributed by atoms with Gasteiger partial charge in [0.2, 0.25) is 5.91 Å². The van der Waals surface area contributed by atoms with Gasteiger partial charge in [0, 0.05) is 31.7 Å². The summed E-state index contributed by atoms with van der Waals surface area (Å²) in [5.41, 5.74) is 0.956. The fourth-order valence-electron chi connectivity index (χ4n) is 4.26. The quantitative estimate of drug-likeness (QED) is 0.928. The van der Waals surface area contributed by atoms with E-state index < -0.39 is 0 Å². The molecule has 2 fully saturated rings. The Morgan fingerprint density at radius 2 is 2.38 bits per heavy atom. The van der Waals surface area contributed by atoms with Gasteiger partial charge in [-0.05, 0) is 18.9 Å². The van der Waals surface area contributed by atoms with Crippen molar-refractivity contribution in [1.29, 1.82) is 5.26 Å². The van der Waals surface area contributed by atoms with E-state index in [9.17, 15) is 4.79 Å². The molecule has 0 unspecified atom stereocenters. The van der Waals surface area contributed by atoms with Crippen LogP contribution < -0.4 is 4.90 Å². The lowest BCUT2D eigenvalue weighted by molar-refractivity contribution is -0.129. The van der Waals surface area contributed by atoms with Gasteiger partial charge in [-0.3, -0.25) is 4.79 Å². The molecule has 0 aromatic carbocycles. The Hall–Kier alpha value is -2.62. The molecule has 1 atom stereocenters. The highest BCUT2D eigenvalue weighted by molar-refractivity contribution is 5.87. The Kier molecular flexibility index (Phi) is 3.41. The van der Waals surface area contributed by atoms with E-state index in [1.807, 2.05) is 23.2 Å². The molecule has 0 bridgehead atoms. The maximum Gasteiger partial charge on any atom is 0.236 e. The summed E-state index contributed by atoms with van der Waals surface area (Å²) in [5, 5.41) is 9.81. The molecule has 24 heavy (non-hydrogen) atoms. The molecule has 3 heterocycles. The number of nitriles is 1. The minimum atomic E-state index is -0.0610. The van der Waals surface area contributed by atoms with Gasteiger partial charge in [0.25, 0.3) is 0 Å². The van der Waals surface area contributed by atoms with Crippen molar-refractivity contribution < 1.29 is 4.79 Å². The van der Waals surface area contributed by atoms with Gasteiger partial charge in [-0.15, -0.1) is 0 Å². The van der Waals surface area contributed by atoms with Crippen LogP contribution in [-0.2, 0) is 4.79 Å². The van der Waals surface area contributed by atoms with Gasteiger partial charge in [-0.2, -0.15) is 5.26 Å². The van der Waals surface area contributed by atoms with Crippen LogP contribution in [-0.4, -0.2) is 51.9 Å². The molecule has 1 saturated heterocycles. The monoisotopic (exact) mass is 324 g/mol. The average Bonchev–Trinajstić information content (AvgIpc) is 3.18. The highest BCUT2D eigenvalue weighted by Gasteiger charge is 2.53. The van der Waals surface area contributed by atoms with E-state index in [1.54, 1.807) is 6.33 Å². The molecule has 124 valence electrons. The lowest BCUT2D eigenvalue weighted by atomic mass is 9.65.